The molecule has 4 nitrogen and oxygen atoms in total. The molecule has 0 unspecified atom stereocenters. The maximum atomic E-state index is 9.60. The van der Waals surface area contributed by atoms with Crippen LogP contribution < -0.4 is 11.5 Å². The van der Waals surface area contributed by atoms with Crippen LogP contribution in [0.3, 0.4) is 0 Å². The van der Waals surface area contributed by atoms with Crippen LogP contribution in [0.4, 0.5) is 4.79 Å². The molecule has 8 heavy (non-hydrogen) atoms. The minimum absolute atomic E-state index is 0. The first kappa shape index (κ1) is 10.1. The molecule has 0 saturated carbocycles. The molecule has 0 bridgehead atoms. The van der Waals surface area contributed by atoms with Gasteiger partial charge in [-0.05, 0) is 0 Å². The van der Waals surface area contributed by atoms with Crippen molar-refractivity contribution in [1.29, 1.82) is 0 Å². The van der Waals surface area contributed by atoms with E-state index < -0.39 is 6.09 Å². The van der Waals surface area contributed by atoms with Gasteiger partial charge in [0.05, 0.1) is 0 Å². The van der Waals surface area contributed by atoms with Crippen LogP contribution in [-0.4, -0.2) is 17.7 Å². The molecule has 48 valence electrons. The number of amides is 1. The lowest BCUT2D eigenvalue weighted by Crippen LogP contribution is -2.19. The molecule has 4 heteroatoms. The van der Waals surface area contributed by atoms with Crippen molar-refractivity contribution in [3.8, 4) is 0 Å². The average Bonchev–Trinajstić information content (AvgIpc) is 1.61. The maximum Gasteiger partial charge on any atom is 0.404 e. The van der Waals surface area contributed by atoms with E-state index >= 15 is 0 Å². The molecular weight excluding hydrogens is 108 g/mol. The molecule has 0 saturated heterocycles. The second-order valence-electron chi connectivity index (χ2n) is 0.975. The van der Waals surface area contributed by atoms with Gasteiger partial charge in [0.15, 0.2) is 0 Å². The third-order valence-electron chi connectivity index (χ3n) is 0.398. The van der Waals surface area contributed by atoms with Gasteiger partial charge in [-0.1, -0.05) is 6.08 Å². The van der Waals surface area contributed by atoms with E-state index in [0.717, 1.165) is 0 Å². The van der Waals surface area contributed by atoms with Crippen molar-refractivity contribution in [2.45, 2.75) is 0 Å². The summed E-state index contributed by atoms with van der Waals surface area (Å²) in [5.74, 6) is 0. The van der Waals surface area contributed by atoms with E-state index in [9.17, 15) is 4.79 Å². The predicted molar refractivity (Wildman–Crippen MR) is 31.2 cm³/mol. The summed E-state index contributed by atoms with van der Waals surface area (Å²) < 4.78 is 0. The Balaban J connectivity index is 0. The molecule has 0 heterocycles. The number of rotatable bonds is 2. The van der Waals surface area contributed by atoms with Crippen LogP contribution in [0, 0.1) is 0 Å². The molecule has 0 aromatic carbocycles. The van der Waals surface area contributed by atoms with Crippen molar-refractivity contribution < 1.29 is 9.90 Å². The highest BCUT2D eigenvalue weighted by Gasteiger charge is 1.84. The largest absolute Gasteiger partial charge is 0.465 e. The van der Waals surface area contributed by atoms with E-state index in [1.807, 2.05) is 0 Å². The van der Waals surface area contributed by atoms with Crippen molar-refractivity contribution >= 4 is 6.09 Å². The molecule has 0 spiro atoms. The first-order valence-corrected chi connectivity index (χ1v) is 1.85. The Morgan fingerprint density at radius 2 is 2.38 bits per heavy atom. The van der Waals surface area contributed by atoms with Crippen LogP contribution in [0.2, 0.25) is 0 Å². The second kappa shape index (κ2) is 5.97. The summed E-state index contributed by atoms with van der Waals surface area (Å²) in [6.45, 7) is 3.62. The lowest BCUT2D eigenvalue weighted by atomic mass is 10.6. The van der Waals surface area contributed by atoms with E-state index in [-0.39, 0.29) is 6.15 Å². The molecule has 1 amide bonds. The van der Waals surface area contributed by atoms with Gasteiger partial charge in [0.25, 0.3) is 0 Å². The zero-order chi connectivity index (χ0) is 5.70. The summed E-state index contributed by atoms with van der Waals surface area (Å²) in [7, 11) is 0. The molecule has 0 aliphatic heterocycles. The number of nitrogens with one attached hydrogen (secondary N) is 1. The van der Waals surface area contributed by atoms with Crippen molar-refractivity contribution in [3.63, 3.8) is 0 Å². The molecular formula is C4H10N2O2. The summed E-state index contributed by atoms with van der Waals surface area (Å²) in [4.78, 5) is 9.60. The van der Waals surface area contributed by atoms with Gasteiger partial charge >= 0.3 is 6.09 Å². The lowest BCUT2D eigenvalue weighted by Gasteiger charge is -1.88. The Kier molecular flexibility index (Phi) is 7.51. The van der Waals surface area contributed by atoms with Crippen LogP contribution in [0.5, 0.6) is 0 Å². The van der Waals surface area contributed by atoms with Crippen molar-refractivity contribution in [2.75, 3.05) is 6.54 Å². The van der Waals surface area contributed by atoms with Crippen molar-refractivity contribution in [1.82, 2.24) is 11.5 Å². The van der Waals surface area contributed by atoms with Gasteiger partial charge in [0.1, 0.15) is 0 Å². The molecule has 0 fully saturated rings. The number of hydrogen-bond donors (Lipinski definition) is 3. The Morgan fingerprint density at radius 3 is 2.50 bits per heavy atom. The van der Waals surface area contributed by atoms with Crippen LogP contribution in [0.25, 0.3) is 0 Å². The van der Waals surface area contributed by atoms with Crippen LogP contribution in [0.15, 0.2) is 12.7 Å². The Hall–Kier alpha value is -1.03. The number of carbonyl (C=O) groups is 1. The average molecular weight is 118 g/mol. The third kappa shape index (κ3) is 8.88. The molecule has 0 radical (unpaired) electrons. The van der Waals surface area contributed by atoms with E-state index in [0.29, 0.717) is 6.54 Å². The molecule has 5 N–H and O–H groups in total. The summed E-state index contributed by atoms with van der Waals surface area (Å²) in [5.41, 5.74) is 0. The van der Waals surface area contributed by atoms with E-state index in [1.54, 1.807) is 0 Å². The van der Waals surface area contributed by atoms with E-state index in [1.165, 1.54) is 6.08 Å². The fourth-order valence-corrected chi connectivity index (χ4v) is 0.159. The van der Waals surface area contributed by atoms with Crippen LogP contribution in [-0.2, 0) is 0 Å². The Morgan fingerprint density at radius 1 is 1.88 bits per heavy atom. The molecule has 0 aliphatic carbocycles. The first-order valence-electron chi connectivity index (χ1n) is 1.85. The number of hydrogen-bond acceptors (Lipinski definition) is 2. The summed E-state index contributed by atoms with van der Waals surface area (Å²) in [5, 5.41) is 9.98. The zero-order valence-electron chi connectivity index (χ0n) is 4.55. The van der Waals surface area contributed by atoms with Crippen molar-refractivity contribution in [3.05, 3.63) is 12.7 Å². The second-order valence-corrected chi connectivity index (χ2v) is 0.975. The number of carboxylic acid groups (broad SMARTS) is 1. The Labute approximate surface area is 47.8 Å². The lowest BCUT2D eigenvalue weighted by molar-refractivity contribution is 0.195. The molecule has 0 aromatic heterocycles. The SMILES string of the molecule is C=CCNC(=O)O.N. The Bertz CT molecular complexity index is 82.1. The van der Waals surface area contributed by atoms with Crippen LogP contribution in [0.1, 0.15) is 0 Å². The van der Waals surface area contributed by atoms with Crippen molar-refractivity contribution in [2.24, 2.45) is 0 Å². The zero-order valence-corrected chi connectivity index (χ0v) is 4.55. The maximum absolute atomic E-state index is 9.60. The van der Waals surface area contributed by atoms with E-state index in [4.69, 9.17) is 5.11 Å². The highest BCUT2D eigenvalue weighted by Crippen LogP contribution is 1.59. The minimum Gasteiger partial charge on any atom is -0.465 e. The van der Waals surface area contributed by atoms with Crippen LogP contribution >= 0.6 is 0 Å². The fraction of sp³-hybridized carbons (Fsp3) is 0.250. The van der Waals surface area contributed by atoms with Gasteiger partial charge in [-0.25, -0.2) is 4.79 Å². The monoisotopic (exact) mass is 118 g/mol. The van der Waals surface area contributed by atoms with E-state index in [2.05, 4.69) is 11.9 Å². The van der Waals surface area contributed by atoms with Gasteiger partial charge < -0.3 is 16.6 Å². The van der Waals surface area contributed by atoms with Gasteiger partial charge in [-0.15, -0.1) is 6.58 Å². The summed E-state index contributed by atoms with van der Waals surface area (Å²) >= 11 is 0. The molecule has 0 aliphatic rings. The van der Waals surface area contributed by atoms with Gasteiger partial charge in [-0.3, -0.25) is 0 Å². The first-order chi connectivity index (χ1) is 3.27. The summed E-state index contributed by atoms with van der Waals surface area (Å²) in [6.07, 6.45) is 0.466. The normalized spacial score (nSPS) is 6.50. The van der Waals surface area contributed by atoms with Gasteiger partial charge in [0, 0.05) is 6.54 Å². The highest BCUT2D eigenvalue weighted by molar-refractivity contribution is 5.64. The topological polar surface area (TPSA) is 84.3 Å². The van der Waals surface area contributed by atoms with Gasteiger partial charge in [-0.2, -0.15) is 0 Å². The van der Waals surface area contributed by atoms with Gasteiger partial charge in [0.2, 0.25) is 0 Å². The highest BCUT2D eigenvalue weighted by atomic mass is 16.4. The fourth-order valence-electron chi connectivity index (χ4n) is 0.159. The predicted octanol–water partition coefficient (Wildman–Crippen LogP) is 0.602. The smallest absolute Gasteiger partial charge is 0.404 e. The minimum atomic E-state index is -1.01. The standard InChI is InChI=1S/C4H7NO2.H3N/c1-2-3-5-4(6)7;/h2,5H,1,3H2,(H,6,7);1H3. The quantitative estimate of drug-likeness (QED) is 0.464. The summed E-state index contributed by atoms with van der Waals surface area (Å²) in [6, 6.07) is 0. The molecule has 0 rings (SSSR count). The molecule has 0 aromatic rings. The third-order valence-corrected chi connectivity index (χ3v) is 0.398. The molecule has 0 atom stereocenters.